The fraction of sp³-hybridized carbons (Fsp3) is 0.118. The number of rotatable bonds is 5. The number of ether oxygens (including phenoxy) is 1. The van der Waals surface area contributed by atoms with Gasteiger partial charge in [-0.1, -0.05) is 6.07 Å². The molecule has 2 aromatic carbocycles. The van der Waals surface area contributed by atoms with Crippen LogP contribution in [0.3, 0.4) is 0 Å². The van der Waals surface area contributed by atoms with Crippen molar-refractivity contribution in [3.8, 4) is 5.75 Å². The van der Waals surface area contributed by atoms with Gasteiger partial charge < -0.3 is 9.84 Å². The number of carbonyl (C=O) groups is 1. The Kier molecular flexibility index (Phi) is 4.75. The van der Waals surface area contributed by atoms with Crippen LogP contribution in [-0.4, -0.2) is 23.1 Å². The second-order valence-electron chi connectivity index (χ2n) is 4.89. The molecule has 0 aliphatic carbocycles. The van der Waals surface area contributed by atoms with E-state index in [0.717, 1.165) is 5.56 Å². The highest BCUT2D eigenvalue weighted by Crippen LogP contribution is 2.26. The lowest BCUT2D eigenvalue weighted by atomic mass is 9.98. The van der Waals surface area contributed by atoms with Crippen LogP contribution in [0, 0.1) is 17.0 Å². The van der Waals surface area contributed by atoms with Crippen LogP contribution in [0.1, 0.15) is 16.7 Å². The fourth-order valence-corrected chi connectivity index (χ4v) is 2.18. The highest BCUT2D eigenvalue weighted by Gasteiger charge is 2.14. The molecule has 118 valence electrons. The number of non-ortho nitro benzene ring substituents is 1. The summed E-state index contributed by atoms with van der Waals surface area (Å²) in [4.78, 5) is 21.7. The first-order chi connectivity index (χ1) is 10.9. The molecule has 0 atom stereocenters. The molecule has 0 heterocycles. The minimum Gasteiger partial charge on any atom is -0.497 e. The third-order valence-electron chi connectivity index (χ3n) is 3.37. The molecule has 0 radical (unpaired) electrons. The number of aliphatic carboxylic acids is 1. The van der Waals surface area contributed by atoms with Crippen molar-refractivity contribution in [1.29, 1.82) is 0 Å². The Balaban J connectivity index is 2.46. The smallest absolute Gasteiger partial charge is 0.336 e. The van der Waals surface area contributed by atoms with Crippen molar-refractivity contribution in [3.05, 3.63) is 69.3 Å². The molecule has 0 unspecified atom stereocenters. The van der Waals surface area contributed by atoms with Gasteiger partial charge in [-0.25, -0.2) is 4.79 Å². The van der Waals surface area contributed by atoms with Gasteiger partial charge in [-0.3, -0.25) is 10.1 Å². The van der Waals surface area contributed by atoms with Crippen LogP contribution >= 0.6 is 0 Å². The molecule has 0 saturated heterocycles. The molecule has 0 bridgehead atoms. The molecule has 0 amide bonds. The average Bonchev–Trinajstić information content (AvgIpc) is 2.53. The van der Waals surface area contributed by atoms with E-state index in [-0.39, 0.29) is 11.3 Å². The molecule has 0 aliphatic heterocycles. The molecule has 2 rings (SSSR count). The van der Waals surface area contributed by atoms with E-state index in [1.54, 1.807) is 32.2 Å². The van der Waals surface area contributed by atoms with Crippen molar-refractivity contribution in [2.45, 2.75) is 6.92 Å². The van der Waals surface area contributed by atoms with Gasteiger partial charge in [0, 0.05) is 12.1 Å². The van der Waals surface area contributed by atoms with Gasteiger partial charge in [-0.2, -0.15) is 0 Å². The molecule has 6 nitrogen and oxygen atoms in total. The van der Waals surface area contributed by atoms with E-state index in [9.17, 15) is 20.0 Å². The molecule has 6 heteroatoms. The highest BCUT2D eigenvalue weighted by atomic mass is 16.6. The van der Waals surface area contributed by atoms with Crippen LogP contribution in [0.5, 0.6) is 5.75 Å². The van der Waals surface area contributed by atoms with Crippen LogP contribution < -0.4 is 4.74 Å². The number of methoxy groups -OCH3 is 1. The van der Waals surface area contributed by atoms with Crippen molar-refractivity contribution < 1.29 is 19.6 Å². The molecular weight excluding hydrogens is 298 g/mol. The predicted octanol–water partition coefficient (Wildman–Crippen LogP) is 3.54. The molecule has 0 aromatic heterocycles. The second-order valence-corrected chi connectivity index (χ2v) is 4.89. The predicted molar refractivity (Wildman–Crippen MR) is 86.3 cm³/mol. The van der Waals surface area contributed by atoms with Crippen LogP contribution in [-0.2, 0) is 4.79 Å². The summed E-state index contributed by atoms with van der Waals surface area (Å²) in [5, 5.41) is 20.1. The largest absolute Gasteiger partial charge is 0.497 e. The summed E-state index contributed by atoms with van der Waals surface area (Å²) in [6, 6.07) is 10.8. The number of hydrogen-bond donors (Lipinski definition) is 1. The van der Waals surface area contributed by atoms with Crippen molar-refractivity contribution in [3.63, 3.8) is 0 Å². The number of nitro benzene ring substituents is 1. The number of benzene rings is 2. The molecule has 0 saturated carbocycles. The first-order valence-corrected chi connectivity index (χ1v) is 6.77. The quantitative estimate of drug-likeness (QED) is 0.394. The molecule has 0 fully saturated rings. The summed E-state index contributed by atoms with van der Waals surface area (Å²) >= 11 is 0. The maximum atomic E-state index is 11.6. The number of carboxylic acids is 1. The van der Waals surface area contributed by atoms with Crippen molar-refractivity contribution in [1.82, 2.24) is 0 Å². The minimum absolute atomic E-state index is 0.0420. The van der Waals surface area contributed by atoms with E-state index >= 15 is 0 Å². The van der Waals surface area contributed by atoms with Crippen LogP contribution in [0.15, 0.2) is 42.5 Å². The Hall–Kier alpha value is -3.15. The third kappa shape index (κ3) is 3.74. The van der Waals surface area contributed by atoms with Gasteiger partial charge in [0.2, 0.25) is 0 Å². The molecule has 23 heavy (non-hydrogen) atoms. The van der Waals surface area contributed by atoms with Gasteiger partial charge >= 0.3 is 5.97 Å². The first kappa shape index (κ1) is 16.2. The van der Waals surface area contributed by atoms with Crippen LogP contribution in [0.2, 0.25) is 0 Å². The number of hydrogen-bond acceptors (Lipinski definition) is 4. The van der Waals surface area contributed by atoms with Crippen molar-refractivity contribution >= 4 is 23.3 Å². The summed E-state index contributed by atoms with van der Waals surface area (Å²) in [5.41, 5.74) is 1.97. The zero-order valence-electron chi connectivity index (χ0n) is 12.6. The topological polar surface area (TPSA) is 89.7 Å². The number of aryl methyl sites for hydroxylation is 1. The summed E-state index contributed by atoms with van der Waals surface area (Å²) in [5.74, 6) is -0.428. The molecule has 2 aromatic rings. The molecule has 0 spiro atoms. The molecular formula is C17H15NO5. The second kappa shape index (κ2) is 6.74. The Bertz CT molecular complexity index is 778. The van der Waals surface area contributed by atoms with E-state index < -0.39 is 10.9 Å². The SMILES string of the molecule is COc1ccc(/C(=C/c2ccc([N+](=O)[O-])cc2)C(=O)O)c(C)c1. The van der Waals surface area contributed by atoms with Crippen molar-refractivity contribution in [2.75, 3.05) is 7.11 Å². The average molecular weight is 313 g/mol. The van der Waals surface area contributed by atoms with E-state index in [2.05, 4.69) is 0 Å². The fourth-order valence-electron chi connectivity index (χ4n) is 2.18. The summed E-state index contributed by atoms with van der Waals surface area (Å²) in [6.45, 7) is 1.80. The Labute approximate surface area is 132 Å². The summed E-state index contributed by atoms with van der Waals surface area (Å²) in [7, 11) is 1.54. The van der Waals surface area contributed by atoms with E-state index in [1.165, 1.54) is 30.3 Å². The van der Waals surface area contributed by atoms with E-state index in [4.69, 9.17) is 4.74 Å². The number of nitrogens with zero attached hydrogens (tertiary/aromatic N) is 1. The standard InChI is InChI=1S/C17H15NO5/c1-11-9-14(23-2)7-8-15(11)16(17(19)20)10-12-3-5-13(6-4-12)18(21)22/h3-10H,1-2H3,(H,19,20)/b16-10-. The third-order valence-corrected chi connectivity index (χ3v) is 3.37. The van der Waals surface area contributed by atoms with Crippen LogP contribution in [0.4, 0.5) is 5.69 Å². The zero-order valence-corrected chi connectivity index (χ0v) is 12.6. The lowest BCUT2D eigenvalue weighted by molar-refractivity contribution is -0.384. The molecule has 1 N–H and O–H groups in total. The number of nitro groups is 1. The maximum absolute atomic E-state index is 11.6. The van der Waals surface area contributed by atoms with Gasteiger partial charge in [0.1, 0.15) is 5.75 Å². The van der Waals surface area contributed by atoms with E-state index in [1.807, 2.05) is 0 Å². The monoisotopic (exact) mass is 313 g/mol. The summed E-state index contributed by atoms with van der Waals surface area (Å²) in [6.07, 6.45) is 1.49. The lowest BCUT2D eigenvalue weighted by Gasteiger charge is -2.09. The number of carboxylic acid groups (broad SMARTS) is 1. The normalized spacial score (nSPS) is 11.1. The zero-order chi connectivity index (χ0) is 17.0. The van der Waals surface area contributed by atoms with Crippen molar-refractivity contribution in [2.24, 2.45) is 0 Å². The lowest BCUT2D eigenvalue weighted by Crippen LogP contribution is -2.02. The Morgan fingerprint density at radius 2 is 1.87 bits per heavy atom. The molecule has 0 aliphatic rings. The van der Waals surface area contributed by atoms with E-state index in [0.29, 0.717) is 16.9 Å². The highest BCUT2D eigenvalue weighted by molar-refractivity contribution is 6.21. The van der Waals surface area contributed by atoms with Gasteiger partial charge in [0.25, 0.3) is 5.69 Å². The van der Waals surface area contributed by atoms with Gasteiger partial charge in [-0.05, 0) is 54.0 Å². The first-order valence-electron chi connectivity index (χ1n) is 6.77. The Morgan fingerprint density at radius 3 is 2.35 bits per heavy atom. The maximum Gasteiger partial charge on any atom is 0.336 e. The Morgan fingerprint density at radius 1 is 1.22 bits per heavy atom. The minimum atomic E-state index is -1.07. The van der Waals surface area contributed by atoms with Gasteiger partial charge in [-0.15, -0.1) is 0 Å². The van der Waals surface area contributed by atoms with Gasteiger partial charge in [0.15, 0.2) is 0 Å². The van der Waals surface area contributed by atoms with Crippen LogP contribution in [0.25, 0.3) is 11.6 Å². The summed E-state index contributed by atoms with van der Waals surface area (Å²) < 4.78 is 5.11. The van der Waals surface area contributed by atoms with Gasteiger partial charge in [0.05, 0.1) is 17.6 Å².